The second-order valence-electron chi connectivity index (χ2n) is 4.12. The van der Waals surface area contributed by atoms with E-state index >= 15 is 0 Å². The van der Waals surface area contributed by atoms with Gasteiger partial charge in [0.1, 0.15) is 0 Å². The molecule has 0 aromatic heterocycles. The molecule has 0 saturated heterocycles. The minimum Gasteiger partial charge on any atom is -0.282 e. The Morgan fingerprint density at radius 2 is 1.85 bits per heavy atom. The highest BCUT2D eigenvalue weighted by Gasteiger charge is 2.14. The Hall–Kier alpha value is -0.750. The summed E-state index contributed by atoms with van der Waals surface area (Å²) < 4.78 is 27.4. The van der Waals surface area contributed by atoms with Crippen molar-refractivity contribution in [2.45, 2.75) is 5.75 Å². The molecule has 0 unspecified atom stereocenters. The molecule has 0 saturated carbocycles. The lowest BCUT2D eigenvalue weighted by atomic mass is 10.2. The molecule has 2 rings (SSSR count). The zero-order chi connectivity index (χ0) is 14.8. The Kier molecular flexibility index (Phi) is 4.96. The van der Waals surface area contributed by atoms with Crippen LogP contribution in [0.4, 0.5) is 5.69 Å². The van der Waals surface area contributed by atoms with E-state index in [0.29, 0.717) is 21.3 Å². The van der Waals surface area contributed by atoms with E-state index in [-0.39, 0.29) is 5.75 Å². The maximum atomic E-state index is 12.1. The van der Waals surface area contributed by atoms with Crippen LogP contribution in [-0.4, -0.2) is 8.42 Å². The lowest BCUT2D eigenvalue weighted by Crippen LogP contribution is -2.15. The molecule has 0 bridgehead atoms. The summed E-state index contributed by atoms with van der Waals surface area (Å²) in [5, 5.41) is 0.834. The number of sulfonamides is 1. The van der Waals surface area contributed by atoms with Crippen molar-refractivity contribution in [1.82, 2.24) is 0 Å². The van der Waals surface area contributed by atoms with Gasteiger partial charge in [0.25, 0.3) is 0 Å². The summed E-state index contributed by atoms with van der Waals surface area (Å²) in [7, 11) is -3.56. The Morgan fingerprint density at radius 1 is 1.10 bits per heavy atom. The molecule has 0 aliphatic rings. The first kappa shape index (κ1) is 15.6. The third kappa shape index (κ3) is 4.38. The number of hydrogen-bond donors (Lipinski definition) is 1. The Balaban J connectivity index is 2.21. The second kappa shape index (κ2) is 6.35. The van der Waals surface area contributed by atoms with Gasteiger partial charge in [-0.15, -0.1) is 0 Å². The normalized spacial score (nSPS) is 11.3. The van der Waals surface area contributed by atoms with Gasteiger partial charge >= 0.3 is 0 Å². The van der Waals surface area contributed by atoms with Gasteiger partial charge in [0, 0.05) is 9.50 Å². The fourth-order valence-electron chi connectivity index (χ4n) is 1.63. The molecule has 0 amide bonds. The first-order valence-corrected chi connectivity index (χ1v) is 8.76. The molecule has 0 aliphatic carbocycles. The lowest BCUT2D eigenvalue weighted by Gasteiger charge is -2.10. The maximum Gasteiger partial charge on any atom is 0.236 e. The van der Waals surface area contributed by atoms with Gasteiger partial charge < -0.3 is 0 Å². The minimum atomic E-state index is -3.56. The molecule has 20 heavy (non-hydrogen) atoms. The molecule has 2 aromatic rings. The van der Waals surface area contributed by atoms with Crippen molar-refractivity contribution in [3.8, 4) is 0 Å². The number of benzene rings is 2. The summed E-state index contributed by atoms with van der Waals surface area (Å²) in [6.45, 7) is 0. The van der Waals surface area contributed by atoms with Gasteiger partial charge in [-0.1, -0.05) is 51.3 Å². The SMILES string of the molecule is O=S(=O)(Cc1cccc(Cl)c1)Nc1cc(Br)ccc1Cl. The van der Waals surface area contributed by atoms with E-state index in [9.17, 15) is 8.42 Å². The molecule has 0 aliphatic heterocycles. The largest absolute Gasteiger partial charge is 0.282 e. The summed E-state index contributed by atoms with van der Waals surface area (Å²) in [5.41, 5.74) is 0.944. The van der Waals surface area contributed by atoms with Crippen LogP contribution >= 0.6 is 39.1 Å². The molecular weight excluding hydrogens is 385 g/mol. The highest BCUT2D eigenvalue weighted by atomic mass is 79.9. The van der Waals surface area contributed by atoms with E-state index in [1.807, 2.05) is 0 Å². The van der Waals surface area contributed by atoms with Crippen LogP contribution in [0.2, 0.25) is 10.0 Å². The highest BCUT2D eigenvalue weighted by molar-refractivity contribution is 9.10. The van der Waals surface area contributed by atoms with Crippen LogP contribution in [0.5, 0.6) is 0 Å². The Bertz CT molecular complexity index is 735. The van der Waals surface area contributed by atoms with Gasteiger partial charge in [0.2, 0.25) is 10.0 Å². The van der Waals surface area contributed by atoms with Crippen molar-refractivity contribution in [3.63, 3.8) is 0 Å². The van der Waals surface area contributed by atoms with Crippen molar-refractivity contribution in [2.24, 2.45) is 0 Å². The average Bonchev–Trinajstić information content (AvgIpc) is 2.33. The molecule has 106 valence electrons. The average molecular weight is 395 g/mol. The molecule has 0 heterocycles. The predicted octanol–water partition coefficient (Wildman–Crippen LogP) is 4.70. The van der Waals surface area contributed by atoms with Gasteiger partial charge in [-0.05, 0) is 35.9 Å². The number of anilines is 1. The van der Waals surface area contributed by atoms with Crippen molar-refractivity contribution in [1.29, 1.82) is 0 Å². The fourth-order valence-corrected chi connectivity index (χ4v) is 3.61. The lowest BCUT2D eigenvalue weighted by molar-refractivity contribution is 0.600. The summed E-state index contributed by atoms with van der Waals surface area (Å²) in [5.74, 6) is -0.170. The van der Waals surface area contributed by atoms with Gasteiger partial charge in [0.15, 0.2) is 0 Å². The molecule has 7 heteroatoms. The standard InChI is InChI=1S/C13H10BrCl2NO2S/c14-10-4-5-12(16)13(7-10)17-20(18,19)8-9-2-1-3-11(15)6-9/h1-7,17H,8H2. The van der Waals surface area contributed by atoms with E-state index < -0.39 is 10.0 Å². The zero-order valence-electron chi connectivity index (χ0n) is 10.1. The third-order valence-corrected chi connectivity index (χ3v) is 4.74. The van der Waals surface area contributed by atoms with E-state index in [0.717, 1.165) is 4.47 Å². The van der Waals surface area contributed by atoms with Gasteiger partial charge in [-0.2, -0.15) is 0 Å². The van der Waals surface area contributed by atoms with Crippen molar-refractivity contribution >= 4 is 54.8 Å². The second-order valence-corrected chi connectivity index (χ2v) is 7.60. The van der Waals surface area contributed by atoms with Crippen LogP contribution in [0.3, 0.4) is 0 Å². The minimum absolute atomic E-state index is 0.170. The van der Waals surface area contributed by atoms with E-state index in [4.69, 9.17) is 23.2 Å². The molecule has 1 N–H and O–H groups in total. The molecule has 3 nitrogen and oxygen atoms in total. The first-order chi connectivity index (χ1) is 9.35. The van der Waals surface area contributed by atoms with Gasteiger partial charge in [0.05, 0.1) is 16.5 Å². The molecule has 0 radical (unpaired) electrons. The van der Waals surface area contributed by atoms with Crippen LogP contribution in [0, 0.1) is 0 Å². The number of hydrogen-bond acceptors (Lipinski definition) is 2. The highest BCUT2D eigenvalue weighted by Crippen LogP contribution is 2.27. The van der Waals surface area contributed by atoms with Crippen LogP contribution in [0.25, 0.3) is 0 Å². The predicted molar refractivity (Wildman–Crippen MR) is 86.9 cm³/mol. The van der Waals surface area contributed by atoms with E-state index in [1.165, 1.54) is 0 Å². The number of rotatable bonds is 4. The smallest absolute Gasteiger partial charge is 0.236 e. The molecule has 0 spiro atoms. The maximum absolute atomic E-state index is 12.1. The fraction of sp³-hybridized carbons (Fsp3) is 0.0769. The Morgan fingerprint density at radius 3 is 2.55 bits per heavy atom. The molecular formula is C13H10BrCl2NO2S. The first-order valence-electron chi connectivity index (χ1n) is 5.56. The van der Waals surface area contributed by atoms with Crippen LogP contribution in [0.15, 0.2) is 46.9 Å². The molecule has 0 fully saturated rings. The third-order valence-electron chi connectivity index (χ3n) is 2.44. The Labute approximate surface area is 136 Å². The van der Waals surface area contributed by atoms with Crippen molar-refractivity contribution in [3.05, 3.63) is 62.5 Å². The summed E-state index contributed by atoms with van der Waals surface area (Å²) in [6.07, 6.45) is 0. The quantitative estimate of drug-likeness (QED) is 0.816. The molecule has 0 atom stereocenters. The summed E-state index contributed by atoms with van der Waals surface area (Å²) >= 11 is 15.1. The molecule has 2 aromatic carbocycles. The van der Waals surface area contributed by atoms with Crippen LogP contribution in [0.1, 0.15) is 5.56 Å². The van der Waals surface area contributed by atoms with Crippen LogP contribution in [-0.2, 0) is 15.8 Å². The van der Waals surface area contributed by atoms with E-state index in [2.05, 4.69) is 20.7 Å². The van der Waals surface area contributed by atoms with Gasteiger partial charge in [-0.3, -0.25) is 4.72 Å². The van der Waals surface area contributed by atoms with Crippen LogP contribution < -0.4 is 4.72 Å². The van der Waals surface area contributed by atoms with E-state index in [1.54, 1.807) is 42.5 Å². The van der Waals surface area contributed by atoms with Crippen molar-refractivity contribution < 1.29 is 8.42 Å². The topological polar surface area (TPSA) is 46.2 Å². The zero-order valence-corrected chi connectivity index (χ0v) is 14.0. The monoisotopic (exact) mass is 393 g/mol. The van der Waals surface area contributed by atoms with Gasteiger partial charge in [-0.25, -0.2) is 8.42 Å². The number of halogens is 3. The summed E-state index contributed by atoms with van der Waals surface area (Å²) in [6, 6.07) is 11.7. The number of nitrogens with one attached hydrogen (secondary N) is 1. The summed E-state index contributed by atoms with van der Waals surface area (Å²) in [4.78, 5) is 0. The van der Waals surface area contributed by atoms with Crippen molar-refractivity contribution in [2.75, 3.05) is 4.72 Å².